The number of nitrogens with zero attached hydrogens (tertiary/aromatic N) is 1. The van der Waals surface area contributed by atoms with Crippen molar-refractivity contribution in [2.75, 3.05) is 0 Å². The minimum atomic E-state index is -0.677. The number of hydrogen-bond acceptors (Lipinski definition) is 4. The van der Waals surface area contributed by atoms with Gasteiger partial charge in [-0.3, -0.25) is 10.1 Å². The van der Waals surface area contributed by atoms with E-state index in [0.29, 0.717) is 6.20 Å². The van der Waals surface area contributed by atoms with Gasteiger partial charge < -0.3 is 4.18 Å². The highest BCUT2D eigenvalue weighted by molar-refractivity contribution is 7.89. The zero-order valence-corrected chi connectivity index (χ0v) is 9.85. The zero-order chi connectivity index (χ0) is 12.1. The zero-order valence-electron chi connectivity index (χ0n) is 7.52. The summed E-state index contributed by atoms with van der Waals surface area (Å²) in [6.07, 6.45) is 1.74. The van der Waals surface area contributed by atoms with Gasteiger partial charge in [-0.15, -0.1) is 3.89 Å². The first-order chi connectivity index (χ1) is 7.56. The Morgan fingerprint density at radius 3 is 2.75 bits per heavy atom. The molecule has 4 nitrogen and oxygen atoms in total. The van der Waals surface area contributed by atoms with E-state index >= 15 is 0 Å². The van der Waals surface area contributed by atoms with Crippen LogP contribution < -0.4 is 4.18 Å². The molecular weight excluding hydrogens is 280 g/mol. The summed E-state index contributed by atoms with van der Waals surface area (Å²) in [5, 5.41) is 10.4. The van der Waals surface area contributed by atoms with Gasteiger partial charge in [0, 0.05) is 11.6 Å². The molecule has 0 spiro atoms. The highest BCUT2D eigenvalue weighted by atomic mass is 35.5. The van der Waals surface area contributed by atoms with Crippen LogP contribution >= 0.6 is 35.6 Å². The van der Waals surface area contributed by atoms with Gasteiger partial charge in [0.25, 0.3) is 12.4 Å². The summed E-state index contributed by atoms with van der Waals surface area (Å²) in [4.78, 5) is 9.48. The summed E-state index contributed by atoms with van der Waals surface area (Å²) < 4.78 is 16.5. The predicted molar refractivity (Wildman–Crippen MR) is 61.8 cm³/mol. The first kappa shape index (κ1) is 13.1. The third kappa shape index (κ3) is 3.26. The van der Waals surface area contributed by atoms with Crippen molar-refractivity contribution in [2.24, 2.45) is 0 Å². The molecule has 0 aliphatic heterocycles. The number of benzene rings is 1. The Bertz CT molecular complexity index is 442. The molecule has 1 aromatic rings. The lowest BCUT2D eigenvalue weighted by molar-refractivity contribution is -0.400. The SMILES string of the molecule is O=[N+]([O-])/C=C/c1c(OSF)ccc(Cl)c1Cl. The molecule has 86 valence electrons. The van der Waals surface area contributed by atoms with Gasteiger partial charge in [0.1, 0.15) is 5.75 Å². The first-order valence-corrected chi connectivity index (χ1v) is 5.21. The Morgan fingerprint density at radius 2 is 2.19 bits per heavy atom. The second kappa shape index (κ2) is 5.93. The normalized spacial score (nSPS) is 10.7. The van der Waals surface area contributed by atoms with Crippen LogP contribution in [0.25, 0.3) is 6.08 Å². The largest absolute Gasteiger partial charge is 0.396 e. The van der Waals surface area contributed by atoms with Crippen molar-refractivity contribution >= 4 is 41.7 Å². The topological polar surface area (TPSA) is 52.4 Å². The van der Waals surface area contributed by atoms with Gasteiger partial charge in [0.2, 0.25) is 6.20 Å². The van der Waals surface area contributed by atoms with Crippen molar-refractivity contribution < 1.29 is 13.0 Å². The second-order valence-corrected chi connectivity index (χ2v) is 3.60. The lowest BCUT2D eigenvalue weighted by atomic mass is 10.2. The molecule has 0 amide bonds. The highest BCUT2D eigenvalue weighted by Gasteiger charge is 2.11. The van der Waals surface area contributed by atoms with Crippen LogP contribution in [-0.2, 0) is 0 Å². The predicted octanol–water partition coefficient (Wildman–Crippen LogP) is 4.15. The lowest BCUT2D eigenvalue weighted by Crippen LogP contribution is -1.88. The smallest absolute Gasteiger partial charge is 0.272 e. The molecule has 0 saturated heterocycles. The average Bonchev–Trinajstić information content (AvgIpc) is 2.23. The van der Waals surface area contributed by atoms with Crippen LogP contribution in [0.4, 0.5) is 3.89 Å². The van der Waals surface area contributed by atoms with Crippen LogP contribution in [0.3, 0.4) is 0 Å². The number of hydrogen-bond donors (Lipinski definition) is 0. The highest BCUT2D eigenvalue weighted by Crippen LogP contribution is 2.35. The van der Waals surface area contributed by atoms with Gasteiger partial charge in [-0.1, -0.05) is 23.2 Å². The molecule has 0 saturated carbocycles. The van der Waals surface area contributed by atoms with Crippen LogP contribution in [0.5, 0.6) is 5.75 Å². The maximum Gasteiger partial charge on any atom is 0.272 e. The molecule has 0 atom stereocenters. The van der Waals surface area contributed by atoms with Gasteiger partial charge in [0.15, 0.2) is 0 Å². The molecule has 8 heteroatoms. The van der Waals surface area contributed by atoms with E-state index in [1.165, 1.54) is 12.1 Å². The number of nitro groups is 1. The monoisotopic (exact) mass is 283 g/mol. The van der Waals surface area contributed by atoms with Crippen LogP contribution in [0, 0.1) is 10.1 Å². The number of halogens is 3. The Hall–Kier alpha value is -0.980. The summed E-state index contributed by atoms with van der Waals surface area (Å²) in [7, 11) is 0. The average molecular weight is 284 g/mol. The van der Waals surface area contributed by atoms with Gasteiger partial charge >= 0.3 is 0 Å². The van der Waals surface area contributed by atoms with Crippen LogP contribution in [0.2, 0.25) is 10.0 Å². The van der Waals surface area contributed by atoms with E-state index in [9.17, 15) is 14.0 Å². The quantitative estimate of drug-likeness (QED) is 0.473. The Kier molecular flexibility index (Phi) is 4.85. The molecule has 0 bridgehead atoms. The standard InChI is InChI=1S/C8H4Cl2FNO3S/c9-6-1-2-7(15-16-11)5(8(6)10)3-4-12(13)14/h1-4H/b4-3+. The van der Waals surface area contributed by atoms with Gasteiger partial charge in [0.05, 0.1) is 15.0 Å². The summed E-state index contributed by atoms with van der Waals surface area (Å²) in [5.41, 5.74) is 0.149. The van der Waals surface area contributed by atoms with Gasteiger partial charge in [-0.05, 0) is 12.1 Å². The molecule has 0 aliphatic rings. The number of rotatable bonds is 4. The maximum atomic E-state index is 12.0. The van der Waals surface area contributed by atoms with Crippen molar-refractivity contribution in [3.05, 3.63) is 44.1 Å². The van der Waals surface area contributed by atoms with Crippen molar-refractivity contribution in [1.29, 1.82) is 0 Å². The molecular formula is C8H4Cl2FNO3S. The van der Waals surface area contributed by atoms with Crippen molar-refractivity contribution in [3.8, 4) is 5.75 Å². The lowest BCUT2D eigenvalue weighted by Gasteiger charge is -2.06. The molecule has 0 radical (unpaired) electrons. The molecule has 0 aliphatic carbocycles. The van der Waals surface area contributed by atoms with Gasteiger partial charge in [-0.25, -0.2) is 0 Å². The maximum absolute atomic E-state index is 12.0. The van der Waals surface area contributed by atoms with E-state index in [0.717, 1.165) is 6.08 Å². The minimum absolute atomic E-state index is 0.0556. The van der Waals surface area contributed by atoms with Crippen LogP contribution in [0.15, 0.2) is 18.3 Å². The fourth-order valence-corrected chi connectivity index (χ4v) is 1.54. The van der Waals surface area contributed by atoms with Gasteiger partial charge in [-0.2, -0.15) is 0 Å². The van der Waals surface area contributed by atoms with Crippen LogP contribution in [0.1, 0.15) is 5.56 Å². The Balaban J connectivity index is 3.20. The fraction of sp³-hybridized carbons (Fsp3) is 0. The summed E-state index contributed by atoms with van der Waals surface area (Å²) in [5.74, 6) is 0.0556. The van der Waals surface area contributed by atoms with Crippen molar-refractivity contribution in [1.82, 2.24) is 0 Å². The summed E-state index contributed by atoms with van der Waals surface area (Å²) in [6.45, 7) is 0. The summed E-state index contributed by atoms with van der Waals surface area (Å²) >= 11 is 11.1. The van der Waals surface area contributed by atoms with E-state index in [2.05, 4.69) is 4.18 Å². The third-order valence-corrected chi connectivity index (χ3v) is 2.64. The summed E-state index contributed by atoms with van der Waals surface area (Å²) in [6, 6.07) is 2.76. The third-order valence-electron chi connectivity index (χ3n) is 1.58. The molecule has 0 heterocycles. The van der Waals surface area contributed by atoms with E-state index in [-0.39, 0.29) is 33.8 Å². The Labute approximate surface area is 105 Å². The molecule has 1 aromatic carbocycles. The van der Waals surface area contributed by atoms with Crippen molar-refractivity contribution in [3.63, 3.8) is 0 Å². The molecule has 0 aromatic heterocycles. The van der Waals surface area contributed by atoms with Crippen molar-refractivity contribution in [2.45, 2.75) is 0 Å². The molecule has 16 heavy (non-hydrogen) atoms. The van der Waals surface area contributed by atoms with E-state index in [1.807, 2.05) is 0 Å². The van der Waals surface area contributed by atoms with E-state index < -0.39 is 4.92 Å². The minimum Gasteiger partial charge on any atom is -0.396 e. The molecule has 1 rings (SSSR count). The first-order valence-electron chi connectivity index (χ1n) is 3.81. The van der Waals surface area contributed by atoms with E-state index in [4.69, 9.17) is 23.2 Å². The molecule has 0 N–H and O–H groups in total. The Morgan fingerprint density at radius 1 is 1.50 bits per heavy atom. The molecule has 0 fully saturated rings. The second-order valence-electron chi connectivity index (χ2n) is 2.52. The van der Waals surface area contributed by atoms with Crippen LogP contribution in [-0.4, -0.2) is 4.92 Å². The fourth-order valence-electron chi connectivity index (χ4n) is 0.946. The molecule has 0 unspecified atom stereocenters. The van der Waals surface area contributed by atoms with E-state index in [1.54, 1.807) is 0 Å².